The fourth-order valence-corrected chi connectivity index (χ4v) is 4.85. The maximum Gasteiger partial charge on any atom is 0.126 e. The summed E-state index contributed by atoms with van der Waals surface area (Å²) in [5.74, 6) is 1.86. The zero-order valence-corrected chi connectivity index (χ0v) is 17.4. The third kappa shape index (κ3) is 3.58. The van der Waals surface area contributed by atoms with Crippen LogP contribution in [0.2, 0.25) is 0 Å². The summed E-state index contributed by atoms with van der Waals surface area (Å²) in [6.45, 7) is 3.77. The molecule has 2 aliphatic heterocycles. The Balaban J connectivity index is 1.43. The Bertz CT molecular complexity index is 1030. The van der Waals surface area contributed by atoms with E-state index in [-0.39, 0.29) is 11.7 Å². The number of hydrogen-bond donors (Lipinski definition) is 2. The molecule has 1 fully saturated rings. The predicted molar refractivity (Wildman–Crippen MR) is 120 cm³/mol. The van der Waals surface area contributed by atoms with Gasteiger partial charge in [0.1, 0.15) is 17.4 Å². The molecule has 2 aromatic rings. The summed E-state index contributed by atoms with van der Waals surface area (Å²) in [4.78, 5) is 5.76. The molecule has 5 heteroatoms. The minimum absolute atomic E-state index is 0.0204. The molecule has 1 saturated heterocycles. The van der Waals surface area contributed by atoms with Crippen molar-refractivity contribution in [2.24, 2.45) is 5.92 Å². The minimum Gasteiger partial charge on any atom is -0.496 e. The number of benzene rings is 1. The number of aromatic nitrogens is 1. The molecule has 156 valence electrons. The van der Waals surface area contributed by atoms with Gasteiger partial charge in [-0.15, -0.1) is 0 Å². The monoisotopic (exact) mass is 405 g/mol. The molecule has 0 spiro atoms. The predicted octanol–water partition coefficient (Wildman–Crippen LogP) is 5.39. The maximum absolute atomic E-state index is 14.5. The fraction of sp³-hybridized carbons (Fsp3) is 0.360. The van der Waals surface area contributed by atoms with Crippen molar-refractivity contribution >= 4 is 11.9 Å². The summed E-state index contributed by atoms with van der Waals surface area (Å²) in [5, 5.41) is 3.51. The Labute approximate surface area is 177 Å². The summed E-state index contributed by atoms with van der Waals surface area (Å²) in [5.41, 5.74) is 5.76. The number of H-pyrrole nitrogens is 1. The quantitative estimate of drug-likeness (QED) is 0.700. The smallest absolute Gasteiger partial charge is 0.126 e. The van der Waals surface area contributed by atoms with Crippen molar-refractivity contribution in [3.8, 4) is 16.9 Å². The van der Waals surface area contributed by atoms with Gasteiger partial charge < -0.3 is 19.9 Å². The van der Waals surface area contributed by atoms with Crippen molar-refractivity contribution in [1.82, 2.24) is 9.88 Å². The van der Waals surface area contributed by atoms with Gasteiger partial charge in [-0.05, 0) is 61.7 Å². The zero-order valence-electron chi connectivity index (χ0n) is 17.4. The second-order valence-electron chi connectivity index (χ2n) is 8.37. The van der Waals surface area contributed by atoms with Crippen molar-refractivity contribution in [2.75, 3.05) is 38.6 Å². The number of fused-ring (bicyclic) bond motifs is 1. The number of para-hydroxylation sites is 1. The lowest BCUT2D eigenvalue weighted by Gasteiger charge is -2.27. The van der Waals surface area contributed by atoms with Gasteiger partial charge in [0.25, 0.3) is 0 Å². The molecule has 30 heavy (non-hydrogen) atoms. The van der Waals surface area contributed by atoms with Crippen LogP contribution in [0.1, 0.15) is 24.8 Å². The molecule has 1 aromatic heterocycles. The lowest BCUT2D eigenvalue weighted by molar-refractivity contribution is 0.274. The van der Waals surface area contributed by atoms with Crippen LogP contribution in [0, 0.1) is 5.92 Å². The first-order chi connectivity index (χ1) is 14.7. The molecule has 0 bridgehead atoms. The number of aromatic amines is 1. The van der Waals surface area contributed by atoms with E-state index in [0.717, 1.165) is 60.9 Å². The standard InChI is InChI=1S/C25H28FN3O/c1-30-24-7-3-2-6-20(24)22-15-28-25-21(22)13-18(14-27-25)17-8-9-23(26)19(12-17)16-29-10-4-5-11-29/h2-3,6-9,13,15,19,27-28H,4-5,10-12,14,16H2,1H3. The molecule has 0 amide bonds. The largest absolute Gasteiger partial charge is 0.496 e. The second kappa shape index (κ2) is 8.15. The van der Waals surface area contributed by atoms with Crippen molar-refractivity contribution in [3.63, 3.8) is 0 Å². The molecule has 1 aliphatic carbocycles. The highest BCUT2D eigenvalue weighted by atomic mass is 19.1. The number of ether oxygens (including phenoxy) is 1. The van der Waals surface area contributed by atoms with E-state index in [2.05, 4.69) is 27.3 Å². The van der Waals surface area contributed by atoms with E-state index >= 15 is 0 Å². The molecule has 2 N–H and O–H groups in total. The SMILES string of the molecule is COc1ccccc1-c1c[nH]c2c1C=C(C1=CC=C(F)C(CN3CCCC3)C1)CN2. The van der Waals surface area contributed by atoms with Crippen LogP contribution in [-0.4, -0.2) is 43.2 Å². The molecule has 3 heterocycles. The molecular formula is C25H28FN3O. The maximum atomic E-state index is 14.5. The van der Waals surface area contributed by atoms with Gasteiger partial charge in [0.05, 0.1) is 7.11 Å². The first-order valence-corrected chi connectivity index (χ1v) is 10.8. The van der Waals surface area contributed by atoms with Crippen molar-refractivity contribution in [3.05, 3.63) is 65.2 Å². The van der Waals surface area contributed by atoms with Gasteiger partial charge in [-0.1, -0.05) is 24.3 Å². The number of rotatable bonds is 5. The van der Waals surface area contributed by atoms with Crippen LogP contribution in [0.5, 0.6) is 5.75 Å². The number of anilines is 1. The van der Waals surface area contributed by atoms with Crippen molar-refractivity contribution in [1.29, 1.82) is 0 Å². The molecule has 4 nitrogen and oxygen atoms in total. The van der Waals surface area contributed by atoms with E-state index in [9.17, 15) is 4.39 Å². The van der Waals surface area contributed by atoms with E-state index in [0.29, 0.717) is 0 Å². The lowest BCUT2D eigenvalue weighted by atomic mass is 9.86. The van der Waals surface area contributed by atoms with Crippen LogP contribution < -0.4 is 10.1 Å². The van der Waals surface area contributed by atoms with E-state index < -0.39 is 0 Å². The number of allylic oxidation sites excluding steroid dienone is 2. The highest BCUT2D eigenvalue weighted by molar-refractivity contribution is 5.87. The Kier molecular flexibility index (Phi) is 5.21. The average Bonchev–Trinajstić information content (AvgIpc) is 3.44. The number of nitrogens with one attached hydrogen (secondary N) is 2. The Hall–Kier alpha value is -2.79. The van der Waals surface area contributed by atoms with Crippen molar-refractivity contribution < 1.29 is 9.13 Å². The summed E-state index contributed by atoms with van der Waals surface area (Å²) in [6, 6.07) is 8.07. The van der Waals surface area contributed by atoms with Gasteiger partial charge in [-0.25, -0.2) is 4.39 Å². The first kappa shape index (κ1) is 19.2. The topological polar surface area (TPSA) is 40.3 Å². The van der Waals surface area contributed by atoms with Gasteiger partial charge in [-0.3, -0.25) is 0 Å². The molecule has 0 saturated carbocycles. The van der Waals surface area contributed by atoms with Gasteiger partial charge in [-0.2, -0.15) is 0 Å². The Morgan fingerprint density at radius 1 is 1.10 bits per heavy atom. The molecule has 1 aromatic carbocycles. The minimum atomic E-state index is -0.0368. The first-order valence-electron chi connectivity index (χ1n) is 10.8. The summed E-state index contributed by atoms with van der Waals surface area (Å²) in [7, 11) is 1.70. The van der Waals surface area contributed by atoms with Crippen LogP contribution >= 0.6 is 0 Å². The van der Waals surface area contributed by atoms with E-state index in [1.165, 1.54) is 24.0 Å². The molecule has 1 unspecified atom stereocenters. The molecule has 0 radical (unpaired) electrons. The lowest BCUT2D eigenvalue weighted by Crippen LogP contribution is -2.28. The van der Waals surface area contributed by atoms with Crippen LogP contribution in [0.25, 0.3) is 17.2 Å². The number of nitrogens with zero attached hydrogens (tertiary/aromatic N) is 1. The van der Waals surface area contributed by atoms with Crippen LogP contribution in [0.15, 0.2) is 59.6 Å². The van der Waals surface area contributed by atoms with Gasteiger partial charge in [0, 0.05) is 41.9 Å². The molecular weight excluding hydrogens is 377 g/mol. The Morgan fingerprint density at radius 3 is 2.77 bits per heavy atom. The molecule has 3 aliphatic rings. The zero-order chi connectivity index (χ0) is 20.5. The number of halogens is 1. The highest BCUT2D eigenvalue weighted by Gasteiger charge is 2.27. The van der Waals surface area contributed by atoms with Crippen LogP contribution in [0.3, 0.4) is 0 Å². The van der Waals surface area contributed by atoms with E-state index in [1.54, 1.807) is 13.2 Å². The van der Waals surface area contributed by atoms with Gasteiger partial charge in [0.15, 0.2) is 0 Å². The van der Waals surface area contributed by atoms with E-state index in [1.807, 2.05) is 30.5 Å². The normalized spacial score (nSPS) is 21.4. The number of methoxy groups -OCH3 is 1. The third-order valence-corrected chi connectivity index (χ3v) is 6.48. The molecule has 1 atom stereocenters. The summed E-state index contributed by atoms with van der Waals surface area (Å²) in [6.07, 6.45) is 11.1. The second-order valence-corrected chi connectivity index (χ2v) is 8.37. The third-order valence-electron chi connectivity index (χ3n) is 6.48. The fourth-order valence-electron chi connectivity index (χ4n) is 4.85. The average molecular weight is 406 g/mol. The Morgan fingerprint density at radius 2 is 1.93 bits per heavy atom. The van der Waals surface area contributed by atoms with Gasteiger partial charge >= 0.3 is 0 Å². The van der Waals surface area contributed by atoms with Gasteiger partial charge in [0.2, 0.25) is 0 Å². The number of hydrogen-bond acceptors (Lipinski definition) is 3. The molecule has 5 rings (SSSR count). The van der Waals surface area contributed by atoms with E-state index in [4.69, 9.17) is 4.74 Å². The summed E-state index contributed by atoms with van der Waals surface area (Å²) < 4.78 is 20.1. The highest BCUT2D eigenvalue weighted by Crippen LogP contribution is 2.40. The van der Waals surface area contributed by atoms with Crippen molar-refractivity contribution in [2.45, 2.75) is 19.3 Å². The number of likely N-dealkylation sites (tertiary alicyclic amines) is 1. The van der Waals surface area contributed by atoms with Crippen LogP contribution in [0.4, 0.5) is 10.2 Å². The summed E-state index contributed by atoms with van der Waals surface area (Å²) >= 11 is 0. The van der Waals surface area contributed by atoms with Crippen LogP contribution in [-0.2, 0) is 0 Å².